The van der Waals surface area contributed by atoms with Gasteiger partial charge in [-0.05, 0) is 43.4 Å². The molecule has 0 saturated heterocycles. The number of hydrogen-bond donors (Lipinski definition) is 3. The minimum Gasteiger partial charge on any atom is -0.462 e. The van der Waals surface area contributed by atoms with Crippen molar-refractivity contribution in [3.05, 3.63) is 0 Å². The van der Waals surface area contributed by atoms with E-state index in [1.54, 1.807) is 0 Å². The second-order valence-corrected chi connectivity index (χ2v) is 27.8. The highest BCUT2D eigenvalue weighted by molar-refractivity contribution is 7.47. The van der Waals surface area contributed by atoms with Crippen LogP contribution in [0.2, 0.25) is 0 Å². The molecular formula is C65H126O17P2. The van der Waals surface area contributed by atoms with Crippen molar-refractivity contribution in [1.82, 2.24) is 0 Å². The van der Waals surface area contributed by atoms with Crippen molar-refractivity contribution < 1.29 is 80.2 Å². The molecule has 0 rings (SSSR count). The van der Waals surface area contributed by atoms with Gasteiger partial charge in [0, 0.05) is 25.7 Å². The Morgan fingerprint density at radius 3 is 0.810 bits per heavy atom. The minimum atomic E-state index is -4.95. The molecule has 0 aliphatic rings. The lowest BCUT2D eigenvalue weighted by Gasteiger charge is -2.21. The van der Waals surface area contributed by atoms with Crippen LogP contribution in [0.15, 0.2) is 0 Å². The average molecular weight is 1240 g/mol. The molecule has 84 heavy (non-hydrogen) atoms. The third-order valence-electron chi connectivity index (χ3n) is 14.9. The number of carbonyl (C=O) groups is 4. The van der Waals surface area contributed by atoms with Crippen LogP contribution in [0, 0.1) is 17.8 Å². The normalized spacial score (nSPS) is 14.3. The first-order valence-corrected chi connectivity index (χ1v) is 36.8. The van der Waals surface area contributed by atoms with Crippen LogP contribution in [0.1, 0.15) is 318 Å². The molecule has 3 N–H and O–H groups in total. The number of aliphatic hydroxyl groups is 1. The molecule has 0 aliphatic carbocycles. The minimum absolute atomic E-state index is 0.102. The van der Waals surface area contributed by atoms with E-state index < -0.39 is 97.5 Å². The van der Waals surface area contributed by atoms with E-state index in [9.17, 15) is 43.2 Å². The molecule has 0 aromatic carbocycles. The summed E-state index contributed by atoms with van der Waals surface area (Å²) in [7, 11) is -9.89. The van der Waals surface area contributed by atoms with Crippen LogP contribution in [-0.2, 0) is 65.4 Å². The van der Waals surface area contributed by atoms with E-state index in [0.29, 0.717) is 31.6 Å². The molecule has 498 valence electrons. The second-order valence-electron chi connectivity index (χ2n) is 24.9. The van der Waals surface area contributed by atoms with E-state index in [1.807, 2.05) is 0 Å². The van der Waals surface area contributed by atoms with Crippen LogP contribution in [0.3, 0.4) is 0 Å². The number of ether oxygens (including phenoxy) is 4. The number of esters is 4. The van der Waals surface area contributed by atoms with Gasteiger partial charge in [-0.25, -0.2) is 9.13 Å². The fourth-order valence-corrected chi connectivity index (χ4v) is 11.2. The van der Waals surface area contributed by atoms with E-state index in [2.05, 4.69) is 48.5 Å². The molecule has 0 aromatic rings. The number of aliphatic hydroxyl groups excluding tert-OH is 1. The predicted molar refractivity (Wildman–Crippen MR) is 335 cm³/mol. The number of phosphoric acid groups is 2. The highest BCUT2D eigenvalue weighted by Gasteiger charge is 2.30. The molecule has 17 nitrogen and oxygen atoms in total. The average Bonchev–Trinajstić information content (AvgIpc) is 3.53. The molecule has 0 saturated carbocycles. The molecule has 0 bridgehead atoms. The molecule has 0 amide bonds. The number of rotatable bonds is 63. The van der Waals surface area contributed by atoms with Gasteiger partial charge in [-0.1, -0.05) is 267 Å². The lowest BCUT2D eigenvalue weighted by Crippen LogP contribution is -2.30. The summed E-state index contributed by atoms with van der Waals surface area (Å²) in [4.78, 5) is 72.2. The van der Waals surface area contributed by atoms with Gasteiger partial charge in [-0.15, -0.1) is 0 Å². The van der Waals surface area contributed by atoms with Crippen molar-refractivity contribution in [2.45, 2.75) is 336 Å². The number of phosphoric ester groups is 2. The van der Waals surface area contributed by atoms with Gasteiger partial charge < -0.3 is 33.8 Å². The molecular weight excluding hydrogens is 1110 g/mol. The van der Waals surface area contributed by atoms with Crippen molar-refractivity contribution in [2.75, 3.05) is 39.6 Å². The number of hydrogen-bond acceptors (Lipinski definition) is 15. The number of unbranched alkanes of at least 4 members (excludes halogenated alkanes) is 31. The zero-order chi connectivity index (χ0) is 62.4. The highest BCUT2D eigenvalue weighted by Crippen LogP contribution is 2.45. The van der Waals surface area contributed by atoms with Gasteiger partial charge in [0.05, 0.1) is 26.4 Å². The van der Waals surface area contributed by atoms with E-state index >= 15 is 0 Å². The molecule has 0 heterocycles. The summed E-state index contributed by atoms with van der Waals surface area (Å²) in [6.45, 7) is 11.7. The Hall–Kier alpha value is -1.94. The Bertz CT molecular complexity index is 1660. The fraction of sp³-hybridized carbons (Fsp3) is 0.938. The Morgan fingerprint density at radius 2 is 0.548 bits per heavy atom. The van der Waals surface area contributed by atoms with Crippen LogP contribution < -0.4 is 0 Å². The molecule has 0 fully saturated rings. The summed E-state index contributed by atoms with van der Waals surface area (Å²) in [6.07, 6.45) is 37.7. The van der Waals surface area contributed by atoms with Gasteiger partial charge in [0.25, 0.3) is 0 Å². The zero-order valence-corrected chi connectivity index (χ0v) is 56.1. The molecule has 0 aromatic heterocycles. The van der Waals surface area contributed by atoms with E-state index in [0.717, 1.165) is 102 Å². The molecule has 2 unspecified atom stereocenters. The largest absolute Gasteiger partial charge is 0.472 e. The maximum absolute atomic E-state index is 13.0. The van der Waals surface area contributed by atoms with E-state index in [-0.39, 0.29) is 25.7 Å². The monoisotopic (exact) mass is 1240 g/mol. The first-order chi connectivity index (χ1) is 40.2. The Balaban J connectivity index is 5.24. The molecule has 19 heteroatoms. The Morgan fingerprint density at radius 1 is 0.321 bits per heavy atom. The molecule has 0 spiro atoms. The van der Waals surface area contributed by atoms with Crippen molar-refractivity contribution in [3.63, 3.8) is 0 Å². The maximum atomic E-state index is 13.0. The van der Waals surface area contributed by atoms with Crippen molar-refractivity contribution in [3.8, 4) is 0 Å². The smallest absolute Gasteiger partial charge is 0.462 e. The van der Waals surface area contributed by atoms with Gasteiger partial charge in [0.1, 0.15) is 19.3 Å². The van der Waals surface area contributed by atoms with Crippen molar-refractivity contribution >= 4 is 39.5 Å². The van der Waals surface area contributed by atoms with E-state index in [1.165, 1.54) is 128 Å². The van der Waals surface area contributed by atoms with Crippen LogP contribution in [0.4, 0.5) is 0 Å². The first kappa shape index (κ1) is 82.1. The summed E-state index contributed by atoms with van der Waals surface area (Å²) in [5.41, 5.74) is 0. The van der Waals surface area contributed by atoms with Gasteiger partial charge in [-0.3, -0.25) is 37.3 Å². The van der Waals surface area contributed by atoms with Gasteiger partial charge in [0.2, 0.25) is 0 Å². The summed E-state index contributed by atoms with van der Waals surface area (Å²) in [5.74, 6) is 0.0399. The summed E-state index contributed by atoms with van der Waals surface area (Å²) in [6, 6.07) is 0. The fourth-order valence-electron chi connectivity index (χ4n) is 9.66. The lowest BCUT2D eigenvalue weighted by molar-refractivity contribution is -0.161. The molecule has 0 radical (unpaired) electrons. The third kappa shape index (κ3) is 59.0. The maximum Gasteiger partial charge on any atom is 0.472 e. The molecule has 0 aliphatic heterocycles. The second kappa shape index (κ2) is 56.3. The Kier molecular flexibility index (Phi) is 55.0. The topological polar surface area (TPSA) is 237 Å². The molecule has 5 atom stereocenters. The van der Waals surface area contributed by atoms with Gasteiger partial charge in [0.15, 0.2) is 12.2 Å². The SMILES string of the molecule is CCCCCCCCCCCC(=O)OC[C@H](COP(=O)(O)OC[C@H](O)COP(=O)(O)OC[C@@H](COC(=O)CCCCCCCCCCCC(C)C)OC(=O)CCCCCCCCCCCCCC(C)C)OC(=O)CCCCCCCCC(C)C. The summed E-state index contributed by atoms with van der Waals surface area (Å²) >= 11 is 0. The first-order valence-electron chi connectivity index (χ1n) is 33.8. The van der Waals surface area contributed by atoms with E-state index in [4.69, 9.17) is 37.0 Å². The quantitative estimate of drug-likeness (QED) is 0.0222. The van der Waals surface area contributed by atoms with Gasteiger partial charge in [-0.2, -0.15) is 0 Å². The van der Waals surface area contributed by atoms with Crippen molar-refractivity contribution in [1.29, 1.82) is 0 Å². The van der Waals surface area contributed by atoms with Crippen molar-refractivity contribution in [2.24, 2.45) is 17.8 Å². The van der Waals surface area contributed by atoms with Crippen LogP contribution >= 0.6 is 15.6 Å². The third-order valence-corrected chi connectivity index (χ3v) is 16.8. The van der Waals surface area contributed by atoms with Crippen LogP contribution in [0.25, 0.3) is 0 Å². The lowest BCUT2D eigenvalue weighted by atomic mass is 10.0. The standard InChI is InChI=1S/C65H126O17P2/c1-8-9-10-11-12-17-24-32-39-46-62(67)75-53-61(82-65(70)49-42-35-28-27-31-38-45-58(6)7)55-80-84(73,74)78-51-59(66)50-77-83(71,72)79-54-60(52-76-63(68)47-40-33-25-21-16-19-23-30-37-44-57(4)5)81-64(69)48-41-34-26-20-15-13-14-18-22-29-36-43-56(2)3/h56-61,66H,8-55H2,1-7H3,(H,71,72)(H,73,74)/t59-,60-,61-/m1/s1. The zero-order valence-electron chi connectivity index (χ0n) is 54.4. The predicted octanol–water partition coefficient (Wildman–Crippen LogP) is 17.9. The summed E-state index contributed by atoms with van der Waals surface area (Å²) < 4.78 is 68.0. The summed E-state index contributed by atoms with van der Waals surface area (Å²) in [5, 5.41) is 10.5. The van der Waals surface area contributed by atoms with Crippen LogP contribution in [0.5, 0.6) is 0 Å². The van der Waals surface area contributed by atoms with Gasteiger partial charge >= 0.3 is 39.5 Å². The highest BCUT2D eigenvalue weighted by atomic mass is 31.2. The number of carbonyl (C=O) groups excluding carboxylic acids is 4. The Labute approximate surface area is 511 Å². The van der Waals surface area contributed by atoms with Crippen LogP contribution in [-0.4, -0.2) is 96.7 Å².